The van der Waals surface area contributed by atoms with Gasteiger partial charge in [0.25, 0.3) is 0 Å². The van der Waals surface area contributed by atoms with E-state index in [2.05, 4.69) is 0 Å². The third-order valence-corrected chi connectivity index (χ3v) is 4.98. The van der Waals surface area contributed by atoms with E-state index >= 15 is 0 Å². The lowest BCUT2D eigenvalue weighted by atomic mass is 10.2. The molecule has 2 rings (SSSR count). The van der Waals surface area contributed by atoms with Crippen LogP contribution in [0.2, 0.25) is 0 Å². The van der Waals surface area contributed by atoms with Gasteiger partial charge in [-0.3, -0.25) is 0 Å². The molecule has 18 heavy (non-hydrogen) atoms. The Morgan fingerprint density at radius 2 is 2.17 bits per heavy atom. The molecule has 1 saturated heterocycles. The maximum atomic E-state index is 13.0. The van der Waals surface area contributed by atoms with Gasteiger partial charge in [0.15, 0.2) is 0 Å². The molecule has 0 aliphatic carbocycles. The topological polar surface area (TPSA) is 46.6 Å². The Morgan fingerprint density at radius 3 is 2.78 bits per heavy atom. The van der Waals surface area contributed by atoms with E-state index in [4.69, 9.17) is 4.74 Å². The minimum atomic E-state index is -3.56. The molecule has 0 aromatic heterocycles. The molecule has 0 amide bonds. The maximum absolute atomic E-state index is 13.0. The maximum Gasteiger partial charge on any atom is 0.243 e. The molecule has 6 heteroatoms. The summed E-state index contributed by atoms with van der Waals surface area (Å²) in [5, 5.41) is 0. The number of aryl methyl sites for hydroxylation is 1. The number of hydrogen-bond donors (Lipinski definition) is 0. The number of halogens is 1. The van der Waals surface area contributed by atoms with E-state index in [-0.39, 0.29) is 11.0 Å². The molecule has 0 bridgehead atoms. The first-order valence-corrected chi connectivity index (χ1v) is 7.23. The van der Waals surface area contributed by atoms with Gasteiger partial charge in [-0.1, -0.05) is 0 Å². The van der Waals surface area contributed by atoms with Crippen LogP contribution < -0.4 is 0 Å². The molecule has 1 aromatic carbocycles. The highest BCUT2D eigenvalue weighted by atomic mass is 32.2. The fourth-order valence-corrected chi connectivity index (χ4v) is 3.75. The second-order valence-electron chi connectivity index (χ2n) is 4.45. The van der Waals surface area contributed by atoms with Gasteiger partial charge in [0.05, 0.1) is 17.6 Å². The van der Waals surface area contributed by atoms with Gasteiger partial charge >= 0.3 is 0 Å². The summed E-state index contributed by atoms with van der Waals surface area (Å²) >= 11 is 0. The molecule has 1 aliphatic heterocycles. The van der Waals surface area contributed by atoms with Crippen LogP contribution in [-0.2, 0) is 14.8 Å². The van der Waals surface area contributed by atoms with Crippen LogP contribution in [0.1, 0.15) is 12.5 Å². The van der Waals surface area contributed by atoms with Crippen LogP contribution in [0.4, 0.5) is 4.39 Å². The molecule has 1 aliphatic rings. The lowest BCUT2D eigenvalue weighted by Gasteiger charge is -2.30. The molecule has 1 atom stereocenters. The standard InChI is InChI=1S/C12H16FNO3S/c1-9-7-11(13)3-4-12(9)18(15,16)14-5-6-17-10(2)8-14/h3-4,7,10H,5-6,8H2,1-2H3. The van der Waals surface area contributed by atoms with Crippen molar-refractivity contribution in [3.05, 3.63) is 29.6 Å². The highest BCUT2D eigenvalue weighted by Gasteiger charge is 2.30. The van der Waals surface area contributed by atoms with Gasteiger partial charge in [-0.25, -0.2) is 12.8 Å². The number of ether oxygens (including phenoxy) is 1. The van der Waals surface area contributed by atoms with E-state index in [1.54, 1.807) is 6.92 Å². The molecule has 100 valence electrons. The second kappa shape index (κ2) is 4.95. The number of morpholine rings is 1. The monoisotopic (exact) mass is 273 g/mol. The zero-order chi connectivity index (χ0) is 13.3. The van der Waals surface area contributed by atoms with Crippen LogP contribution in [0, 0.1) is 12.7 Å². The minimum Gasteiger partial charge on any atom is -0.376 e. The predicted molar refractivity (Wildman–Crippen MR) is 65.3 cm³/mol. The molecular weight excluding hydrogens is 257 g/mol. The fourth-order valence-electron chi connectivity index (χ4n) is 2.05. The molecule has 4 nitrogen and oxygen atoms in total. The Kier molecular flexibility index (Phi) is 3.70. The van der Waals surface area contributed by atoms with Crippen LogP contribution >= 0.6 is 0 Å². The molecule has 1 fully saturated rings. The van der Waals surface area contributed by atoms with Crippen molar-refractivity contribution in [1.82, 2.24) is 4.31 Å². The van der Waals surface area contributed by atoms with Gasteiger partial charge in [0.2, 0.25) is 10.0 Å². The summed E-state index contributed by atoms with van der Waals surface area (Å²) in [5.41, 5.74) is 0.425. The molecular formula is C12H16FNO3S. The van der Waals surface area contributed by atoms with Crippen LogP contribution in [0.15, 0.2) is 23.1 Å². The number of nitrogens with zero attached hydrogens (tertiary/aromatic N) is 1. The summed E-state index contributed by atoms with van der Waals surface area (Å²) in [4.78, 5) is 0.165. The van der Waals surface area contributed by atoms with Crippen molar-refractivity contribution in [2.75, 3.05) is 19.7 Å². The van der Waals surface area contributed by atoms with E-state index in [1.165, 1.54) is 22.5 Å². The SMILES string of the molecule is Cc1cc(F)ccc1S(=O)(=O)N1CCOC(C)C1. The Hall–Kier alpha value is -0.980. The van der Waals surface area contributed by atoms with Gasteiger partial charge in [0.1, 0.15) is 5.82 Å². The molecule has 0 spiro atoms. The first-order valence-electron chi connectivity index (χ1n) is 5.79. The largest absolute Gasteiger partial charge is 0.376 e. The van der Waals surface area contributed by atoms with Crippen LogP contribution in [0.3, 0.4) is 0 Å². The van der Waals surface area contributed by atoms with Crippen molar-refractivity contribution >= 4 is 10.0 Å². The molecule has 1 heterocycles. The minimum absolute atomic E-state index is 0.116. The molecule has 0 saturated carbocycles. The van der Waals surface area contributed by atoms with Gasteiger partial charge in [-0.05, 0) is 37.6 Å². The predicted octanol–water partition coefficient (Wildman–Crippen LogP) is 1.54. The van der Waals surface area contributed by atoms with Crippen LogP contribution in [0.25, 0.3) is 0 Å². The molecule has 0 N–H and O–H groups in total. The third kappa shape index (κ3) is 2.55. The zero-order valence-electron chi connectivity index (χ0n) is 10.4. The van der Waals surface area contributed by atoms with Crippen molar-refractivity contribution in [3.8, 4) is 0 Å². The average Bonchev–Trinajstić information content (AvgIpc) is 2.28. The molecule has 1 unspecified atom stereocenters. The quantitative estimate of drug-likeness (QED) is 0.821. The van der Waals surface area contributed by atoms with Crippen molar-refractivity contribution < 1.29 is 17.5 Å². The van der Waals surface area contributed by atoms with Gasteiger partial charge < -0.3 is 4.74 Å². The summed E-state index contributed by atoms with van der Waals surface area (Å²) in [6.45, 7) is 4.49. The lowest BCUT2D eigenvalue weighted by molar-refractivity contribution is 0.0102. The summed E-state index contributed by atoms with van der Waals surface area (Å²) in [6, 6.07) is 3.72. The zero-order valence-corrected chi connectivity index (χ0v) is 11.2. The number of rotatable bonds is 2. The third-order valence-electron chi connectivity index (χ3n) is 2.96. The second-order valence-corrected chi connectivity index (χ2v) is 6.36. The van der Waals surface area contributed by atoms with E-state index in [9.17, 15) is 12.8 Å². The Balaban J connectivity index is 2.35. The number of benzene rings is 1. The summed E-state index contributed by atoms with van der Waals surface area (Å²) in [5.74, 6) is -0.429. The Labute approximate surface area is 106 Å². The number of hydrogen-bond acceptors (Lipinski definition) is 3. The van der Waals surface area contributed by atoms with Gasteiger partial charge in [0, 0.05) is 13.1 Å². The van der Waals surface area contributed by atoms with Crippen LogP contribution in [0.5, 0.6) is 0 Å². The lowest BCUT2D eigenvalue weighted by Crippen LogP contribution is -2.44. The van der Waals surface area contributed by atoms with Crippen molar-refractivity contribution in [3.63, 3.8) is 0 Å². The first kappa shape index (κ1) is 13.5. The van der Waals surface area contributed by atoms with Crippen molar-refractivity contribution in [1.29, 1.82) is 0 Å². The fraction of sp³-hybridized carbons (Fsp3) is 0.500. The molecule has 0 radical (unpaired) electrons. The van der Waals surface area contributed by atoms with E-state index < -0.39 is 15.8 Å². The van der Waals surface area contributed by atoms with E-state index in [1.807, 2.05) is 6.92 Å². The normalized spacial score (nSPS) is 22.1. The first-order chi connectivity index (χ1) is 8.41. The van der Waals surface area contributed by atoms with E-state index in [0.29, 0.717) is 25.3 Å². The highest BCUT2D eigenvalue weighted by molar-refractivity contribution is 7.89. The van der Waals surface area contributed by atoms with Gasteiger partial charge in [-0.15, -0.1) is 0 Å². The summed E-state index contributed by atoms with van der Waals surface area (Å²) < 4.78 is 44.5. The summed E-state index contributed by atoms with van der Waals surface area (Å²) in [6.07, 6.45) is -0.116. The smallest absolute Gasteiger partial charge is 0.243 e. The Bertz CT molecular complexity index is 544. The number of sulfonamides is 1. The van der Waals surface area contributed by atoms with E-state index in [0.717, 1.165) is 0 Å². The van der Waals surface area contributed by atoms with Gasteiger partial charge in [-0.2, -0.15) is 4.31 Å². The van der Waals surface area contributed by atoms with Crippen LogP contribution in [-0.4, -0.2) is 38.5 Å². The highest BCUT2D eigenvalue weighted by Crippen LogP contribution is 2.22. The van der Waals surface area contributed by atoms with Crippen molar-refractivity contribution in [2.24, 2.45) is 0 Å². The van der Waals surface area contributed by atoms with Crippen molar-refractivity contribution in [2.45, 2.75) is 24.8 Å². The molecule has 1 aromatic rings. The Morgan fingerprint density at radius 1 is 1.44 bits per heavy atom. The summed E-state index contributed by atoms with van der Waals surface area (Å²) in [7, 11) is -3.56. The average molecular weight is 273 g/mol.